The molecule has 168 valence electrons. The van der Waals surface area contributed by atoms with E-state index in [4.69, 9.17) is 4.55 Å². The number of unbranched alkanes of at least 4 members (excludes halogenated alkanes) is 10. The van der Waals surface area contributed by atoms with E-state index in [1.807, 2.05) is 0 Å². The lowest BCUT2D eigenvalue weighted by Gasteiger charge is -2.26. The smallest absolute Gasteiger partial charge is 0.432 e. The second-order valence-electron chi connectivity index (χ2n) is 6.73. The maximum atomic E-state index is 13.3. The fourth-order valence-electron chi connectivity index (χ4n) is 2.59. The third kappa shape index (κ3) is 10.5. The van der Waals surface area contributed by atoms with Crippen molar-refractivity contribution in [2.24, 2.45) is 0 Å². The van der Waals surface area contributed by atoms with Gasteiger partial charge in [-0.25, -0.2) is 0 Å². The number of carbonyl (C=O) groups is 1. The van der Waals surface area contributed by atoms with E-state index < -0.39 is 40.0 Å². The van der Waals surface area contributed by atoms with Crippen LogP contribution in [-0.2, 0) is 19.6 Å². The Morgan fingerprint density at radius 3 is 1.61 bits per heavy atom. The number of hydrogen-bond donors (Lipinski definition) is 1. The van der Waals surface area contributed by atoms with E-state index in [9.17, 15) is 35.2 Å². The van der Waals surface area contributed by atoms with Crippen LogP contribution in [0.15, 0.2) is 0 Å². The van der Waals surface area contributed by atoms with Crippen LogP contribution < -0.4 is 0 Å². The highest BCUT2D eigenvalue weighted by Crippen LogP contribution is 2.38. The predicted molar refractivity (Wildman–Crippen MR) is 93.5 cm³/mol. The predicted octanol–water partition coefficient (Wildman–Crippen LogP) is 5.64. The molecule has 0 saturated heterocycles. The summed E-state index contributed by atoms with van der Waals surface area (Å²) in [6.45, 7) is 2.14. The number of carbonyl (C=O) groups excluding carboxylic acids is 1. The summed E-state index contributed by atoms with van der Waals surface area (Å²) in [5.41, 5.74) is 0. The molecule has 0 amide bonds. The molecule has 0 saturated carbocycles. The van der Waals surface area contributed by atoms with E-state index in [0.29, 0.717) is 6.42 Å². The zero-order valence-corrected chi connectivity index (χ0v) is 16.8. The normalized spacial score (nSPS) is 14.1. The van der Waals surface area contributed by atoms with Gasteiger partial charge in [-0.2, -0.15) is 30.4 Å². The SMILES string of the molecule is CCCCCCCCCCCCCC(=O)OC(C(F)(F)F)C(F)(F)S(=O)(=O)O. The first-order valence-electron chi connectivity index (χ1n) is 9.45. The Labute approximate surface area is 162 Å². The molecular formula is C17H29F5O5S. The molecule has 11 heteroatoms. The summed E-state index contributed by atoms with van der Waals surface area (Å²) in [6, 6.07) is 0. The van der Waals surface area contributed by atoms with Crippen LogP contribution in [0.5, 0.6) is 0 Å². The molecule has 0 aromatic heterocycles. The highest BCUT2D eigenvalue weighted by Gasteiger charge is 2.65. The molecule has 0 radical (unpaired) electrons. The van der Waals surface area contributed by atoms with Gasteiger partial charge in [0, 0.05) is 6.42 Å². The van der Waals surface area contributed by atoms with Gasteiger partial charge in [0.25, 0.3) is 6.10 Å². The van der Waals surface area contributed by atoms with E-state index in [1.165, 1.54) is 25.7 Å². The molecule has 0 rings (SSSR count). The first-order chi connectivity index (χ1) is 12.8. The Hall–Kier alpha value is -0.970. The van der Waals surface area contributed by atoms with Gasteiger partial charge in [-0.05, 0) is 6.42 Å². The van der Waals surface area contributed by atoms with Gasteiger partial charge in [0.1, 0.15) is 0 Å². The Balaban J connectivity index is 4.15. The maximum Gasteiger partial charge on any atom is 0.432 e. The van der Waals surface area contributed by atoms with Gasteiger partial charge < -0.3 is 4.74 Å². The summed E-state index contributed by atoms with van der Waals surface area (Å²) < 4.78 is 97.4. The second-order valence-corrected chi connectivity index (χ2v) is 8.23. The molecule has 0 fully saturated rings. The van der Waals surface area contributed by atoms with Crippen molar-refractivity contribution in [2.75, 3.05) is 0 Å². The monoisotopic (exact) mass is 440 g/mol. The van der Waals surface area contributed by atoms with E-state index in [-0.39, 0.29) is 6.42 Å². The quantitative estimate of drug-likeness (QED) is 0.154. The topological polar surface area (TPSA) is 80.7 Å². The van der Waals surface area contributed by atoms with Crippen molar-refractivity contribution < 1.29 is 44.5 Å². The molecular weight excluding hydrogens is 411 g/mol. The van der Waals surface area contributed by atoms with Crippen LogP contribution in [0.1, 0.15) is 84.0 Å². The average molecular weight is 440 g/mol. The molecule has 0 aromatic rings. The fourth-order valence-corrected chi connectivity index (χ4v) is 3.04. The third-order valence-corrected chi connectivity index (χ3v) is 5.08. The Morgan fingerprint density at radius 1 is 0.857 bits per heavy atom. The summed E-state index contributed by atoms with van der Waals surface area (Å²) in [7, 11) is -6.41. The number of rotatable bonds is 15. The largest absolute Gasteiger partial charge is 0.445 e. The van der Waals surface area contributed by atoms with Crippen LogP contribution in [-0.4, -0.2) is 36.5 Å². The van der Waals surface area contributed by atoms with Crippen molar-refractivity contribution in [2.45, 2.75) is 102 Å². The third-order valence-electron chi connectivity index (χ3n) is 4.18. The highest BCUT2D eigenvalue weighted by atomic mass is 32.2. The number of esters is 1. The number of hydrogen-bond acceptors (Lipinski definition) is 4. The van der Waals surface area contributed by atoms with Crippen LogP contribution in [0.4, 0.5) is 22.0 Å². The highest BCUT2D eigenvalue weighted by molar-refractivity contribution is 7.86. The number of ether oxygens (including phenoxy) is 1. The van der Waals surface area contributed by atoms with Crippen LogP contribution in [0.2, 0.25) is 0 Å². The van der Waals surface area contributed by atoms with Crippen molar-refractivity contribution in [3.8, 4) is 0 Å². The summed E-state index contributed by atoms with van der Waals surface area (Å²) in [6.07, 6.45) is -0.324. The molecule has 0 heterocycles. The molecule has 1 unspecified atom stereocenters. The minimum atomic E-state index is -6.41. The van der Waals surface area contributed by atoms with Gasteiger partial charge >= 0.3 is 27.5 Å². The van der Waals surface area contributed by atoms with Crippen molar-refractivity contribution in [1.82, 2.24) is 0 Å². The molecule has 0 bridgehead atoms. The lowest BCUT2D eigenvalue weighted by atomic mass is 10.1. The van der Waals surface area contributed by atoms with Gasteiger partial charge in [0.2, 0.25) is 0 Å². The van der Waals surface area contributed by atoms with E-state index in [2.05, 4.69) is 11.7 Å². The van der Waals surface area contributed by atoms with Crippen LogP contribution in [0, 0.1) is 0 Å². The summed E-state index contributed by atoms with van der Waals surface area (Å²) in [4.78, 5) is 11.4. The Bertz CT molecular complexity index is 549. The molecule has 0 aliphatic rings. The minimum absolute atomic E-state index is 0.136. The zero-order valence-electron chi connectivity index (χ0n) is 15.9. The molecule has 1 atom stereocenters. The second kappa shape index (κ2) is 12.6. The van der Waals surface area contributed by atoms with Gasteiger partial charge in [0.15, 0.2) is 0 Å². The first-order valence-corrected chi connectivity index (χ1v) is 10.9. The first kappa shape index (κ1) is 27.0. The van der Waals surface area contributed by atoms with Crippen LogP contribution >= 0.6 is 0 Å². The minimum Gasteiger partial charge on any atom is -0.445 e. The number of alkyl halides is 5. The molecule has 28 heavy (non-hydrogen) atoms. The number of halogens is 5. The van der Waals surface area contributed by atoms with Gasteiger partial charge in [-0.15, -0.1) is 0 Å². The average Bonchev–Trinajstić information content (AvgIpc) is 2.55. The molecule has 0 aliphatic carbocycles. The van der Waals surface area contributed by atoms with Crippen LogP contribution in [0.25, 0.3) is 0 Å². The summed E-state index contributed by atoms with van der Waals surface area (Å²) >= 11 is 0. The summed E-state index contributed by atoms with van der Waals surface area (Å²) in [5, 5.41) is -5.68. The maximum absolute atomic E-state index is 13.3. The molecule has 0 spiro atoms. The molecule has 0 aromatic carbocycles. The molecule has 1 N–H and O–H groups in total. The van der Waals surface area contributed by atoms with Crippen molar-refractivity contribution in [3.63, 3.8) is 0 Å². The van der Waals surface area contributed by atoms with Crippen molar-refractivity contribution in [3.05, 3.63) is 0 Å². The lowest BCUT2D eigenvalue weighted by molar-refractivity contribution is -0.259. The van der Waals surface area contributed by atoms with Gasteiger partial charge in [0.05, 0.1) is 0 Å². The lowest BCUT2D eigenvalue weighted by Crippen LogP contribution is -2.52. The van der Waals surface area contributed by atoms with Crippen LogP contribution in [0.3, 0.4) is 0 Å². The van der Waals surface area contributed by atoms with Crippen molar-refractivity contribution >= 4 is 16.1 Å². The Kier molecular flexibility index (Phi) is 12.1. The standard InChI is InChI=1S/C17H29F5O5S/c1-2-3-4-5-6-7-8-9-10-11-12-13-14(23)27-15(16(18,19)20)17(21,22)28(24,25)26/h15H,2-13H2,1H3,(H,24,25,26). The van der Waals surface area contributed by atoms with E-state index >= 15 is 0 Å². The Morgan fingerprint density at radius 2 is 1.25 bits per heavy atom. The van der Waals surface area contributed by atoms with E-state index in [0.717, 1.165) is 32.1 Å². The van der Waals surface area contributed by atoms with Gasteiger partial charge in [-0.3, -0.25) is 9.35 Å². The molecule has 0 aliphatic heterocycles. The fraction of sp³-hybridized carbons (Fsp3) is 0.941. The van der Waals surface area contributed by atoms with Crippen molar-refractivity contribution in [1.29, 1.82) is 0 Å². The van der Waals surface area contributed by atoms with Gasteiger partial charge in [-0.1, -0.05) is 71.1 Å². The van der Waals surface area contributed by atoms with E-state index in [1.54, 1.807) is 0 Å². The summed E-state index contributed by atoms with van der Waals surface area (Å²) in [5.74, 6) is -1.60. The molecule has 5 nitrogen and oxygen atoms in total. The zero-order chi connectivity index (χ0) is 21.8.